The first-order valence-electron chi connectivity index (χ1n) is 6.05. The molecule has 0 radical (unpaired) electrons. The van der Waals surface area contributed by atoms with E-state index in [1.54, 1.807) is 0 Å². The minimum atomic E-state index is 0.0701. The maximum atomic E-state index is 12.1. The van der Waals surface area contributed by atoms with Crippen molar-refractivity contribution in [1.82, 2.24) is 5.32 Å². The summed E-state index contributed by atoms with van der Waals surface area (Å²) in [6.45, 7) is 4.50. The molecule has 0 bridgehead atoms. The standard InChI is InChI=1S/C13H18BrNOS/c1-13(2)8-4-3-5-10(13)15-12(16)9-6-7-11(14)17-9/h6-7,10H,3-5,8H2,1-2H3,(H,15,16). The van der Waals surface area contributed by atoms with E-state index in [2.05, 4.69) is 35.1 Å². The summed E-state index contributed by atoms with van der Waals surface area (Å²) in [7, 11) is 0. The fourth-order valence-electron chi connectivity index (χ4n) is 2.43. The van der Waals surface area contributed by atoms with E-state index in [0.29, 0.717) is 6.04 Å². The van der Waals surface area contributed by atoms with Crippen LogP contribution in [0.4, 0.5) is 0 Å². The zero-order valence-corrected chi connectivity index (χ0v) is 12.7. The smallest absolute Gasteiger partial charge is 0.261 e. The van der Waals surface area contributed by atoms with Crippen LogP contribution in [0.15, 0.2) is 15.9 Å². The Bertz CT molecular complexity index is 413. The molecule has 2 nitrogen and oxygen atoms in total. The maximum absolute atomic E-state index is 12.1. The van der Waals surface area contributed by atoms with Crippen LogP contribution in [0.25, 0.3) is 0 Å². The Morgan fingerprint density at radius 2 is 2.24 bits per heavy atom. The van der Waals surface area contributed by atoms with Crippen molar-refractivity contribution in [3.8, 4) is 0 Å². The first-order valence-corrected chi connectivity index (χ1v) is 7.66. The predicted molar refractivity (Wildman–Crippen MR) is 75.5 cm³/mol. The van der Waals surface area contributed by atoms with Crippen molar-refractivity contribution in [2.45, 2.75) is 45.6 Å². The molecule has 1 aromatic heterocycles. The zero-order chi connectivity index (χ0) is 12.5. The molecule has 94 valence electrons. The highest BCUT2D eigenvalue weighted by Gasteiger charge is 2.33. The zero-order valence-electron chi connectivity index (χ0n) is 10.3. The van der Waals surface area contributed by atoms with E-state index < -0.39 is 0 Å². The van der Waals surface area contributed by atoms with Gasteiger partial charge < -0.3 is 5.32 Å². The summed E-state index contributed by atoms with van der Waals surface area (Å²) in [5.41, 5.74) is 0.225. The van der Waals surface area contributed by atoms with Crippen molar-refractivity contribution in [2.24, 2.45) is 5.41 Å². The molecule has 0 aliphatic heterocycles. The molecule has 1 aliphatic rings. The number of nitrogens with one attached hydrogen (secondary N) is 1. The molecule has 0 aromatic carbocycles. The van der Waals surface area contributed by atoms with Crippen molar-refractivity contribution in [1.29, 1.82) is 0 Å². The lowest BCUT2D eigenvalue weighted by atomic mass is 9.73. The molecule has 1 fully saturated rings. The first kappa shape index (κ1) is 13.1. The quantitative estimate of drug-likeness (QED) is 0.870. The van der Waals surface area contributed by atoms with Crippen molar-refractivity contribution in [2.75, 3.05) is 0 Å². The normalized spacial score (nSPS) is 23.4. The molecular formula is C13H18BrNOS. The largest absolute Gasteiger partial charge is 0.348 e. The summed E-state index contributed by atoms with van der Waals surface area (Å²) in [5, 5.41) is 3.19. The Morgan fingerprint density at radius 1 is 1.47 bits per heavy atom. The van der Waals surface area contributed by atoms with Gasteiger partial charge in [0.25, 0.3) is 5.91 Å². The topological polar surface area (TPSA) is 29.1 Å². The van der Waals surface area contributed by atoms with Gasteiger partial charge in [0.1, 0.15) is 0 Å². The fourth-order valence-corrected chi connectivity index (χ4v) is 3.72. The van der Waals surface area contributed by atoms with Gasteiger partial charge in [-0.05, 0) is 46.3 Å². The summed E-state index contributed by atoms with van der Waals surface area (Å²) in [6.07, 6.45) is 4.81. The monoisotopic (exact) mass is 315 g/mol. The van der Waals surface area contributed by atoms with Crippen LogP contribution < -0.4 is 5.32 Å². The third-order valence-electron chi connectivity index (χ3n) is 3.61. The Morgan fingerprint density at radius 3 is 2.82 bits per heavy atom. The van der Waals surface area contributed by atoms with E-state index in [1.807, 2.05) is 12.1 Å². The first-order chi connectivity index (χ1) is 7.99. The molecule has 1 aliphatic carbocycles. The van der Waals surface area contributed by atoms with Crippen LogP contribution in [-0.4, -0.2) is 11.9 Å². The minimum absolute atomic E-state index is 0.0701. The number of amides is 1. The molecular weight excluding hydrogens is 298 g/mol. The number of rotatable bonds is 2. The number of hydrogen-bond donors (Lipinski definition) is 1. The van der Waals surface area contributed by atoms with Crippen LogP contribution in [0.5, 0.6) is 0 Å². The van der Waals surface area contributed by atoms with Gasteiger partial charge in [0, 0.05) is 6.04 Å². The van der Waals surface area contributed by atoms with E-state index in [9.17, 15) is 4.79 Å². The van der Waals surface area contributed by atoms with E-state index in [0.717, 1.165) is 15.1 Å². The lowest BCUT2D eigenvalue weighted by Gasteiger charge is -2.38. The number of thiophene rings is 1. The third kappa shape index (κ3) is 3.10. The molecule has 1 unspecified atom stereocenters. The molecule has 0 saturated heterocycles. The second-order valence-corrected chi connectivity index (χ2v) is 7.83. The van der Waals surface area contributed by atoms with Gasteiger partial charge >= 0.3 is 0 Å². The number of carbonyl (C=O) groups is 1. The number of hydrogen-bond acceptors (Lipinski definition) is 2. The molecule has 0 spiro atoms. The SMILES string of the molecule is CC1(C)CCCCC1NC(=O)c1ccc(Br)s1. The lowest BCUT2D eigenvalue weighted by Crippen LogP contribution is -2.46. The molecule has 4 heteroatoms. The van der Waals surface area contributed by atoms with Crippen LogP contribution >= 0.6 is 27.3 Å². The molecule has 1 aromatic rings. The molecule has 2 rings (SSSR count). The summed E-state index contributed by atoms with van der Waals surface area (Å²) in [6, 6.07) is 4.11. The minimum Gasteiger partial charge on any atom is -0.348 e. The van der Waals surface area contributed by atoms with Crippen LogP contribution in [-0.2, 0) is 0 Å². The summed E-state index contributed by atoms with van der Waals surface area (Å²) in [5.74, 6) is 0.0701. The fraction of sp³-hybridized carbons (Fsp3) is 0.615. The van der Waals surface area contributed by atoms with E-state index in [1.165, 1.54) is 30.6 Å². The van der Waals surface area contributed by atoms with Gasteiger partial charge in [-0.15, -0.1) is 11.3 Å². The Balaban J connectivity index is 2.03. The molecule has 1 atom stereocenters. The third-order valence-corrected chi connectivity index (χ3v) is 5.23. The van der Waals surface area contributed by atoms with Gasteiger partial charge in [0.2, 0.25) is 0 Å². The van der Waals surface area contributed by atoms with Gasteiger partial charge in [-0.3, -0.25) is 4.79 Å². The molecule has 1 N–H and O–H groups in total. The lowest BCUT2D eigenvalue weighted by molar-refractivity contribution is 0.0857. The average Bonchev–Trinajstić information content (AvgIpc) is 2.68. The van der Waals surface area contributed by atoms with Crippen molar-refractivity contribution < 1.29 is 4.79 Å². The Hall–Kier alpha value is -0.350. The highest BCUT2D eigenvalue weighted by atomic mass is 79.9. The van der Waals surface area contributed by atoms with Gasteiger partial charge in [-0.1, -0.05) is 26.7 Å². The van der Waals surface area contributed by atoms with Crippen LogP contribution in [0.2, 0.25) is 0 Å². The number of carbonyl (C=O) groups excluding carboxylic acids is 1. The second kappa shape index (κ2) is 5.11. The van der Waals surface area contributed by atoms with Crippen LogP contribution in [0.1, 0.15) is 49.2 Å². The van der Waals surface area contributed by atoms with E-state index in [-0.39, 0.29) is 11.3 Å². The Labute approximate surface area is 115 Å². The number of halogens is 1. The van der Waals surface area contributed by atoms with Crippen molar-refractivity contribution >= 4 is 33.2 Å². The van der Waals surface area contributed by atoms with E-state index in [4.69, 9.17) is 0 Å². The highest BCUT2D eigenvalue weighted by Crippen LogP contribution is 2.35. The average molecular weight is 316 g/mol. The van der Waals surface area contributed by atoms with Gasteiger partial charge in [-0.2, -0.15) is 0 Å². The summed E-state index contributed by atoms with van der Waals surface area (Å²) >= 11 is 4.88. The summed E-state index contributed by atoms with van der Waals surface area (Å²) < 4.78 is 1.01. The molecule has 1 amide bonds. The molecule has 1 saturated carbocycles. The molecule has 17 heavy (non-hydrogen) atoms. The van der Waals surface area contributed by atoms with E-state index >= 15 is 0 Å². The van der Waals surface area contributed by atoms with Crippen LogP contribution in [0.3, 0.4) is 0 Å². The maximum Gasteiger partial charge on any atom is 0.261 e. The Kier molecular flexibility index (Phi) is 3.93. The van der Waals surface area contributed by atoms with Gasteiger partial charge in [-0.25, -0.2) is 0 Å². The predicted octanol–water partition coefficient (Wildman–Crippen LogP) is 4.21. The summed E-state index contributed by atoms with van der Waals surface area (Å²) in [4.78, 5) is 12.9. The van der Waals surface area contributed by atoms with Crippen molar-refractivity contribution in [3.63, 3.8) is 0 Å². The van der Waals surface area contributed by atoms with Crippen molar-refractivity contribution in [3.05, 3.63) is 20.8 Å². The van der Waals surface area contributed by atoms with Gasteiger partial charge in [0.15, 0.2) is 0 Å². The highest BCUT2D eigenvalue weighted by molar-refractivity contribution is 9.11. The van der Waals surface area contributed by atoms with Gasteiger partial charge in [0.05, 0.1) is 8.66 Å². The van der Waals surface area contributed by atoms with Crippen LogP contribution in [0, 0.1) is 5.41 Å². The molecule has 1 heterocycles. The second-order valence-electron chi connectivity index (χ2n) is 5.36.